The molecule has 0 aliphatic heterocycles. The average molecular weight is 373 g/mol. The fourth-order valence-electron chi connectivity index (χ4n) is 2.89. The Morgan fingerprint density at radius 3 is 2.33 bits per heavy atom. The first-order valence-electron chi connectivity index (χ1n) is 7.47. The number of hydrogen-bond acceptors (Lipinski definition) is 2. The molecule has 0 fully saturated rings. The smallest absolute Gasteiger partial charge is 0.160 e. The Morgan fingerprint density at radius 1 is 1.19 bits per heavy atom. The molecule has 0 amide bonds. The van der Waals surface area contributed by atoms with E-state index in [0.717, 1.165) is 28.0 Å². The van der Waals surface area contributed by atoms with Crippen LogP contribution in [0.1, 0.15) is 45.8 Å². The molecule has 0 spiro atoms. The molecule has 0 N–H and O–H groups in total. The van der Waals surface area contributed by atoms with E-state index in [1.54, 1.807) is 0 Å². The highest BCUT2D eigenvalue weighted by Crippen LogP contribution is 2.29. The van der Waals surface area contributed by atoms with Crippen LogP contribution in [-0.2, 0) is 6.54 Å². The highest BCUT2D eigenvalue weighted by molar-refractivity contribution is 9.10. The van der Waals surface area contributed by atoms with Gasteiger partial charge in [0.1, 0.15) is 11.3 Å². The SMILES string of the molecule is CC(Cl)c1nc2cc(Br)cnc2n1CC(C(C)C)C(C)C. The lowest BCUT2D eigenvalue weighted by Crippen LogP contribution is -2.23. The van der Waals surface area contributed by atoms with Gasteiger partial charge in [-0.1, -0.05) is 27.7 Å². The van der Waals surface area contributed by atoms with Crippen LogP contribution in [-0.4, -0.2) is 14.5 Å². The van der Waals surface area contributed by atoms with Crippen molar-refractivity contribution in [2.45, 2.75) is 46.5 Å². The summed E-state index contributed by atoms with van der Waals surface area (Å²) >= 11 is 9.80. The molecule has 0 aromatic carbocycles. The van der Waals surface area contributed by atoms with E-state index in [1.807, 2.05) is 19.2 Å². The predicted molar refractivity (Wildman–Crippen MR) is 92.7 cm³/mol. The first-order valence-corrected chi connectivity index (χ1v) is 8.70. The maximum atomic E-state index is 6.34. The van der Waals surface area contributed by atoms with Gasteiger partial charge in [0.2, 0.25) is 0 Å². The first-order chi connectivity index (χ1) is 9.81. The van der Waals surface area contributed by atoms with Crippen LogP contribution in [0.5, 0.6) is 0 Å². The predicted octanol–water partition coefficient (Wildman–Crippen LogP) is 5.42. The molecule has 0 bridgehead atoms. The van der Waals surface area contributed by atoms with Gasteiger partial charge in [-0.25, -0.2) is 9.97 Å². The summed E-state index contributed by atoms with van der Waals surface area (Å²) in [6.07, 6.45) is 1.82. The molecule has 0 saturated heterocycles. The van der Waals surface area contributed by atoms with E-state index in [9.17, 15) is 0 Å². The van der Waals surface area contributed by atoms with Crippen LogP contribution in [0.4, 0.5) is 0 Å². The molecule has 0 aliphatic carbocycles. The normalized spacial score (nSPS) is 13.8. The molecule has 5 heteroatoms. The zero-order valence-corrected chi connectivity index (χ0v) is 15.6. The van der Waals surface area contributed by atoms with Crippen LogP contribution in [0.2, 0.25) is 0 Å². The Bertz CT molecular complexity index is 611. The third kappa shape index (κ3) is 3.59. The van der Waals surface area contributed by atoms with Crippen molar-refractivity contribution in [3.63, 3.8) is 0 Å². The summed E-state index contributed by atoms with van der Waals surface area (Å²) < 4.78 is 3.14. The summed E-state index contributed by atoms with van der Waals surface area (Å²) in [5.74, 6) is 2.69. The lowest BCUT2D eigenvalue weighted by atomic mass is 9.85. The molecule has 1 unspecified atom stereocenters. The Labute approximate surface area is 140 Å². The van der Waals surface area contributed by atoms with Crippen molar-refractivity contribution >= 4 is 38.7 Å². The number of imidazole rings is 1. The fourth-order valence-corrected chi connectivity index (χ4v) is 3.38. The summed E-state index contributed by atoms with van der Waals surface area (Å²) in [6, 6.07) is 2.00. The lowest BCUT2D eigenvalue weighted by molar-refractivity contribution is 0.251. The van der Waals surface area contributed by atoms with E-state index in [0.29, 0.717) is 17.8 Å². The second-order valence-electron chi connectivity index (χ2n) is 6.34. The molecule has 0 saturated carbocycles. The van der Waals surface area contributed by atoms with Crippen LogP contribution in [0, 0.1) is 17.8 Å². The Kier molecular flexibility index (Phi) is 5.31. The third-order valence-corrected chi connectivity index (χ3v) is 4.67. The van der Waals surface area contributed by atoms with Crippen molar-refractivity contribution in [3.05, 3.63) is 22.6 Å². The molecule has 2 aromatic heterocycles. The van der Waals surface area contributed by atoms with E-state index in [4.69, 9.17) is 11.6 Å². The van der Waals surface area contributed by atoms with Crippen LogP contribution in [0.25, 0.3) is 11.2 Å². The molecular formula is C16H23BrClN3. The number of rotatable bonds is 5. The number of hydrogen-bond donors (Lipinski definition) is 0. The van der Waals surface area contributed by atoms with E-state index >= 15 is 0 Å². The first kappa shape index (κ1) is 16.8. The summed E-state index contributed by atoms with van der Waals surface area (Å²) in [6.45, 7) is 12.0. The Hall–Kier alpha value is -0.610. The second-order valence-corrected chi connectivity index (χ2v) is 7.92. The second kappa shape index (κ2) is 6.66. The van der Waals surface area contributed by atoms with E-state index in [-0.39, 0.29) is 5.38 Å². The van der Waals surface area contributed by atoms with Gasteiger partial charge in [0.25, 0.3) is 0 Å². The molecular weight excluding hydrogens is 350 g/mol. The summed E-state index contributed by atoms with van der Waals surface area (Å²) in [4.78, 5) is 9.23. The molecule has 3 nitrogen and oxygen atoms in total. The van der Waals surface area contributed by atoms with Gasteiger partial charge in [0, 0.05) is 17.2 Å². The quantitative estimate of drug-likeness (QED) is 0.656. The van der Waals surface area contributed by atoms with Crippen LogP contribution < -0.4 is 0 Å². The summed E-state index contributed by atoms with van der Waals surface area (Å²) in [5, 5.41) is -0.127. The summed E-state index contributed by atoms with van der Waals surface area (Å²) in [7, 11) is 0. The zero-order valence-electron chi connectivity index (χ0n) is 13.3. The van der Waals surface area contributed by atoms with E-state index in [1.165, 1.54) is 0 Å². The van der Waals surface area contributed by atoms with Gasteiger partial charge in [-0.3, -0.25) is 0 Å². The van der Waals surface area contributed by atoms with Crippen molar-refractivity contribution in [2.24, 2.45) is 17.8 Å². The average Bonchev–Trinajstić information content (AvgIpc) is 2.72. The largest absolute Gasteiger partial charge is 0.311 e. The van der Waals surface area contributed by atoms with Gasteiger partial charge in [-0.15, -0.1) is 11.6 Å². The number of aromatic nitrogens is 3. The number of pyridine rings is 1. The standard InChI is InChI=1S/C16H23BrClN3/c1-9(2)13(10(3)4)8-21-15(11(5)18)20-14-6-12(17)7-19-16(14)21/h6-7,9-11,13H,8H2,1-5H3. The maximum absolute atomic E-state index is 6.34. The highest BCUT2D eigenvalue weighted by atomic mass is 79.9. The number of fused-ring (bicyclic) bond motifs is 1. The van der Waals surface area contributed by atoms with Gasteiger partial charge in [-0.2, -0.15) is 0 Å². The molecule has 2 heterocycles. The van der Waals surface area contributed by atoms with Gasteiger partial charge >= 0.3 is 0 Å². The highest BCUT2D eigenvalue weighted by Gasteiger charge is 2.23. The third-order valence-electron chi connectivity index (χ3n) is 4.04. The van der Waals surface area contributed by atoms with Crippen LogP contribution >= 0.6 is 27.5 Å². The minimum Gasteiger partial charge on any atom is -0.311 e. The summed E-state index contributed by atoms with van der Waals surface area (Å²) in [5.41, 5.74) is 1.82. The van der Waals surface area contributed by atoms with Gasteiger partial charge < -0.3 is 4.57 Å². The van der Waals surface area contributed by atoms with Crippen molar-refractivity contribution in [2.75, 3.05) is 0 Å². The Balaban J connectivity index is 2.52. The van der Waals surface area contributed by atoms with Crippen molar-refractivity contribution < 1.29 is 0 Å². The number of alkyl halides is 1. The molecule has 1 atom stereocenters. The van der Waals surface area contributed by atoms with E-state index in [2.05, 4.69) is 58.2 Å². The maximum Gasteiger partial charge on any atom is 0.160 e. The minimum atomic E-state index is -0.127. The lowest BCUT2D eigenvalue weighted by Gasteiger charge is -2.26. The molecule has 2 aromatic rings. The zero-order chi connectivity index (χ0) is 15.7. The van der Waals surface area contributed by atoms with Crippen LogP contribution in [0.3, 0.4) is 0 Å². The van der Waals surface area contributed by atoms with Gasteiger partial charge in [-0.05, 0) is 46.7 Å². The van der Waals surface area contributed by atoms with Crippen molar-refractivity contribution in [1.29, 1.82) is 0 Å². The van der Waals surface area contributed by atoms with E-state index < -0.39 is 0 Å². The van der Waals surface area contributed by atoms with Gasteiger partial charge in [0.15, 0.2) is 5.65 Å². The Morgan fingerprint density at radius 2 is 1.81 bits per heavy atom. The molecule has 0 aliphatic rings. The topological polar surface area (TPSA) is 30.7 Å². The monoisotopic (exact) mass is 371 g/mol. The molecule has 0 radical (unpaired) electrons. The number of halogens is 2. The minimum absolute atomic E-state index is 0.127. The van der Waals surface area contributed by atoms with Gasteiger partial charge in [0.05, 0.1) is 5.38 Å². The molecule has 2 rings (SSSR count). The fraction of sp³-hybridized carbons (Fsp3) is 0.625. The van der Waals surface area contributed by atoms with Crippen LogP contribution in [0.15, 0.2) is 16.7 Å². The number of nitrogens with zero attached hydrogens (tertiary/aromatic N) is 3. The molecule has 116 valence electrons. The molecule has 21 heavy (non-hydrogen) atoms. The van der Waals surface area contributed by atoms with Crippen molar-refractivity contribution in [1.82, 2.24) is 14.5 Å². The van der Waals surface area contributed by atoms with Crippen molar-refractivity contribution in [3.8, 4) is 0 Å².